The fourth-order valence-electron chi connectivity index (χ4n) is 5.52. The van der Waals surface area contributed by atoms with Gasteiger partial charge in [-0.25, -0.2) is 4.79 Å². The van der Waals surface area contributed by atoms with Crippen LogP contribution in [0, 0.1) is 11.8 Å². The zero-order chi connectivity index (χ0) is 25.6. The number of nitrogens with zero attached hydrogens (tertiary/aromatic N) is 3. The second kappa shape index (κ2) is 9.78. The third-order valence-corrected chi connectivity index (χ3v) is 8.15. The van der Waals surface area contributed by atoms with E-state index in [1.807, 2.05) is 51.8 Å². The smallest absolute Gasteiger partial charge is 0.405 e. The Morgan fingerprint density at radius 3 is 2.51 bits per heavy atom. The lowest BCUT2D eigenvalue weighted by Gasteiger charge is -2.40. The number of aromatic nitrogens is 1. The van der Waals surface area contributed by atoms with E-state index in [2.05, 4.69) is 38.3 Å². The first kappa shape index (κ1) is 25.4. The maximum atomic E-state index is 13.6. The van der Waals surface area contributed by atoms with Crippen LogP contribution in [-0.2, 0) is 11.2 Å². The third-order valence-electron chi connectivity index (χ3n) is 7.32. The Morgan fingerprint density at radius 2 is 1.91 bits per heavy atom. The quantitative estimate of drug-likeness (QED) is 0.571. The number of halogens is 1. The van der Waals surface area contributed by atoms with Gasteiger partial charge in [-0.05, 0) is 71.9 Å². The van der Waals surface area contributed by atoms with Crippen molar-refractivity contribution in [2.45, 2.75) is 46.2 Å². The fraction of sp³-hybridized carbons (Fsp3) is 0.500. The Morgan fingerprint density at radius 1 is 1.23 bits per heavy atom. The molecule has 1 aliphatic heterocycles. The number of benzene rings is 1. The summed E-state index contributed by atoms with van der Waals surface area (Å²) in [5, 5.41) is 12.7. The summed E-state index contributed by atoms with van der Waals surface area (Å²) >= 11 is 3.68. The minimum Gasteiger partial charge on any atom is -0.465 e. The van der Waals surface area contributed by atoms with Gasteiger partial charge in [0.1, 0.15) is 6.04 Å². The highest BCUT2D eigenvalue weighted by Gasteiger charge is 2.39. The van der Waals surface area contributed by atoms with E-state index >= 15 is 0 Å². The maximum absolute atomic E-state index is 13.6. The van der Waals surface area contributed by atoms with Crippen molar-refractivity contribution in [3.05, 3.63) is 40.0 Å². The number of rotatable bonds is 6. The molecule has 188 valence electrons. The molecule has 1 aliphatic carbocycles. The second-order valence-electron chi connectivity index (χ2n) is 9.71. The topological polar surface area (TPSA) is 94.9 Å². The largest absolute Gasteiger partial charge is 0.465 e. The number of amides is 2. The second-order valence-corrected chi connectivity index (χ2v) is 10.5. The van der Waals surface area contributed by atoms with Crippen LogP contribution in [0.25, 0.3) is 16.5 Å². The van der Waals surface area contributed by atoms with Crippen molar-refractivity contribution < 1.29 is 19.5 Å². The molecule has 1 aromatic carbocycles. The molecule has 8 nitrogen and oxygen atoms in total. The monoisotopic (exact) mass is 544 g/mol. The number of carboxylic acid groups (broad SMARTS) is 1. The van der Waals surface area contributed by atoms with Crippen molar-refractivity contribution in [3.8, 4) is 0 Å². The van der Waals surface area contributed by atoms with Crippen molar-refractivity contribution in [1.82, 2.24) is 19.7 Å². The van der Waals surface area contributed by atoms with Crippen LogP contribution in [0.1, 0.15) is 43.6 Å². The molecule has 0 unspecified atom stereocenters. The Kier molecular flexibility index (Phi) is 7.11. The molecular formula is C26H33BrN4O4. The highest BCUT2D eigenvalue weighted by Crippen LogP contribution is 2.45. The molecule has 2 amide bonds. The first-order valence-corrected chi connectivity index (χ1v) is 13.0. The van der Waals surface area contributed by atoms with Crippen LogP contribution in [0.5, 0.6) is 0 Å². The van der Waals surface area contributed by atoms with E-state index in [0.717, 1.165) is 27.6 Å². The zero-order valence-electron chi connectivity index (χ0n) is 20.8. The minimum atomic E-state index is -1.23. The van der Waals surface area contributed by atoms with Crippen LogP contribution < -0.4 is 5.32 Å². The summed E-state index contributed by atoms with van der Waals surface area (Å²) < 4.78 is 2.27. The number of hydrogen-bond donors (Lipinski definition) is 2. The van der Waals surface area contributed by atoms with Gasteiger partial charge >= 0.3 is 6.09 Å². The molecule has 4 rings (SSSR count). The van der Waals surface area contributed by atoms with Gasteiger partial charge in [-0.2, -0.15) is 0 Å². The summed E-state index contributed by atoms with van der Waals surface area (Å²) in [4.78, 5) is 42.3. The van der Waals surface area contributed by atoms with Gasteiger partial charge in [-0.3, -0.25) is 19.1 Å². The maximum Gasteiger partial charge on any atom is 0.405 e. The molecule has 0 saturated heterocycles. The van der Waals surface area contributed by atoms with Gasteiger partial charge in [0.2, 0.25) is 5.91 Å². The molecule has 0 spiro atoms. The number of nitrogens with one attached hydrogen (secondary N) is 1. The van der Waals surface area contributed by atoms with Crippen LogP contribution in [0.2, 0.25) is 0 Å². The Bertz CT molecular complexity index is 1210. The molecule has 0 bridgehead atoms. The summed E-state index contributed by atoms with van der Waals surface area (Å²) in [7, 11) is 2.05. The van der Waals surface area contributed by atoms with E-state index in [4.69, 9.17) is 0 Å². The average Bonchev–Trinajstić information content (AvgIpc) is 3.10. The van der Waals surface area contributed by atoms with Crippen molar-refractivity contribution in [2.24, 2.45) is 11.8 Å². The molecular weight excluding hydrogens is 512 g/mol. The van der Waals surface area contributed by atoms with Crippen molar-refractivity contribution in [2.75, 3.05) is 26.7 Å². The van der Waals surface area contributed by atoms with Gasteiger partial charge in [-0.15, -0.1) is 0 Å². The van der Waals surface area contributed by atoms with Crippen LogP contribution in [0.4, 0.5) is 4.79 Å². The van der Waals surface area contributed by atoms with Crippen molar-refractivity contribution in [1.29, 1.82) is 0 Å². The first-order chi connectivity index (χ1) is 16.6. The van der Waals surface area contributed by atoms with E-state index in [9.17, 15) is 19.5 Å². The number of carbonyl (C=O) groups excluding carboxylic acids is 2. The van der Waals surface area contributed by atoms with Crippen molar-refractivity contribution in [3.63, 3.8) is 0 Å². The van der Waals surface area contributed by atoms with Gasteiger partial charge in [-0.1, -0.05) is 32.1 Å². The van der Waals surface area contributed by atoms with E-state index in [0.29, 0.717) is 30.7 Å². The average molecular weight is 545 g/mol. The minimum absolute atomic E-state index is 0.0918. The van der Waals surface area contributed by atoms with Crippen LogP contribution >= 0.6 is 15.9 Å². The Hall–Kier alpha value is -2.65. The van der Waals surface area contributed by atoms with Gasteiger partial charge in [0.05, 0.1) is 16.0 Å². The lowest BCUT2D eigenvalue weighted by Crippen LogP contribution is -2.47. The summed E-state index contributed by atoms with van der Waals surface area (Å²) in [5.74, 6) is -0.619. The highest BCUT2D eigenvalue weighted by atomic mass is 79.9. The summed E-state index contributed by atoms with van der Waals surface area (Å²) in [6.07, 6.45) is 1.59. The molecule has 2 heterocycles. The number of carbonyl (C=O) groups is 3. The molecule has 2 aromatic rings. The Balaban J connectivity index is 1.85. The molecule has 1 aromatic heterocycles. The molecule has 2 N–H and O–H groups in total. The highest BCUT2D eigenvalue weighted by molar-refractivity contribution is 9.10. The fourth-order valence-corrected chi connectivity index (χ4v) is 6.24. The van der Waals surface area contributed by atoms with Gasteiger partial charge < -0.3 is 15.3 Å². The molecule has 0 saturated carbocycles. The number of fused-ring (bicyclic) bond motifs is 2. The Labute approximate surface area is 214 Å². The van der Waals surface area contributed by atoms with E-state index in [-0.39, 0.29) is 29.7 Å². The van der Waals surface area contributed by atoms with Crippen molar-refractivity contribution >= 4 is 50.3 Å². The number of likely N-dealkylation sites (N-methyl/N-ethyl adjacent to an activating group) is 1. The molecule has 2 aliphatic rings. The van der Waals surface area contributed by atoms with E-state index in [1.54, 1.807) is 4.57 Å². The molecule has 3 atom stereocenters. The zero-order valence-corrected chi connectivity index (χ0v) is 22.4. The predicted octanol–water partition coefficient (Wildman–Crippen LogP) is 4.07. The van der Waals surface area contributed by atoms with E-state index in [1.165, 1.54) is 0 Å². The molecule has 0 fully saturated rings. The summed E-state index contributed by atoms with van der Waals surface area (Å²) in [6, 6.07) is 5.09. The lowest BCUT2D eigenvalue weighted by molar-refractivity contribution is -0.134. The third kappa shape index (κ3) is 4.29. The summed E-state index contributed by atoms with van der Waals surface area (Å²) in [6.45, 7) is 9.65. The van der Waals surface area contributed by atoms with Crippen LogP contribution in [-0.4, -0.2) is 76.1 Å². The lowest BCUT2D eigenvalue weighted by atomic mass is 9.79. The van der Waals surface area contributed by atoms with Crippen LogP contribution in [0.15, 0.2) is 28.9 Å². The standard InChI is InChI=1S/C26H33BrN4O4/c1-6-30(7-2)24(32)15-11-17-16-9-8-10-19-21(16)18(12-20(17)29(5)13-15)23(27)31(19)25(33)22(14(3)4)28-26(34)35/h8-11,14-15,20,22,28H,6-7,12-13H2,1-5H3,(H,34,35)/t15-,20-,22+/m1/s1. The SMILES string of the molecule is CCN(CC)C(=O)[C@@H]1C=C2c3cccc4c3c(c(Br)n4C(=O)[C@@H](NC(=O)O)C(C)C)C[C@H]2N(C)C1. The van der Waals surface area contributed by atoms with Gasteiger partial charge in [0, 0.05) is 31.1 Å². The first-order valence-electron chi connectivity index (χ1n) is 12.2. The normalized spacial score (nSPS) is 20.4. The van der Waals surface area contributed by atoms with Gasteiger partial charge in [0.25, 0.3) is 5.91 Å². The molecule has 35 heavy (non-hydrogen) atoms. The summed E-state index contributed by atoms with van der Waals surface area (Å²) in [5.41, 5.74) is 3.91. The van der Waals surface area contributed by atoms with Crippen LogP contribution in [0.3, 0.4) is 0 Å². The van der Waals surface area contributed by atoms with E-state index < -0.39 is 12.1 Å². The van der Waals surface area contributed by atoms with Gasteiger partial charge in [0.15, 0.2) is 0 Å². The molecule has 9 heteroatoms. The predicted molar refractivity (Wildman–Crippen MR) is 140 cm³/mol. The molecule has 0 radical (unpaired) electrons. The number of hydrogen-bond acceptors (Lipinski definition) is 4.